The smallest absolute Gasteiger partial charge is 0.193 e. The third-order valence-corrected chi connectivity index (χ3v) is 2.72. The predicted molar refractivity (Wildman–Crippen MR) is 92.9 cm³/mol. The van der Waals surface area contributed by atoms with Gasteiger partial charge in [0, 0.05) is 27.2 Å². The Morgan fingerprint density at radius 1 is 1.39 bits per heavy atom. The van der Waals surface area contributed by atoms with Crippen molar-refractivity contribution in [3.63, 3.8) is 0 Å². The molecule has 0 spiro atoms. The standard InChI is InChI=1S/C14H29N3.HI/c1-6-7-8-12-17(5)14(15-4)16-11-9-10-13(2)3;/h6,13H,1,7-12H2,2-5H3,(H,15,16);1H. The fraction of sp³-hybridized carbons (Fsp3) is 0.786. The van der Waals surface area contributed by atoms with Crippen molar-refractivity contribution < 1.29 is 0 Å². The molecule has 0 saturated carbocycles. The lowest BCUT2D eigenvalue weighted by molar-refractivity contribution is 0.464. The summed E-state index contributed by atoms with van der Waals surface area (Å²) < 4.78 is 0. The van der Waals surface area contributed by atoms with Crippen molar-refractivity contribution in [2.75, 3.05) is 27.2 Å². The highest BCUT2D eigenvalue weighted by Crippen LogP contribution is 2.02. The van der Waals surface area contributed by atoms with Crippen LogP contribution in [0.15, 0.2) is 17.6 Å². The predicted octanol–water partition coefficient (Wildman–Crippen LogP) is 3.51. The molecule has 0 rings (SSSR count). The van der Waals surface area contributed by atoms with Crippen LogP contribution in [0.2, 0.25) is 0 Å². The van der Waals surface area contributed by atoms with Gasteiger partial charge in [-0.1, -0.05) is 19.9 Å². The highest BCUT2D eigenvalue weighted by molar-refractivity contribution is 14.0. The normalized spacial score (nSPS) is 11.1. The van der Waals surface area contributed by atoms with E-state index >= 15 is 0 Å². The molecule has 3 nitrogen and oxygen atoms in total. The number of nitrogens with one attached hydrogen (secondary N) is 1. The lowest BCUT2D eigenvalue weighted by atomic mass is 10.1. The summed E-state index contributed by atoms with van der Waals surface area (Å²) in [5.41, 5.74) is 0. The number of halogens is 1. The minimum Gasteiger partial charge on any atom is -0.356 e. The second-order valence-electron chi connectivity index (χ2n) is 4.86. The molecule has 0 fully saturated rings. The molecule has 0 saturated heterocycles. The number of aliphatic imine (C=N–C) groups is 1. The summed E-state index contributed by atoms with van der Waals surface area (Å²) in [6.45, 7) is 10.3. The number of unbranched alkanes of at least 4 members (excludes halogenated alkanes) is 1. The second kappa shape index (κ2) is 13.2. The van der Waals surface area contributed by atoms with Gasteiger partial charge in [-0.3, -0.25) is 4.99 Å². The number of rotatable bonds is 8. The summed E-state index contributed by atoms with van der Waals surface area (Å²) >= 11 is 0. The molecule has 0 unspecified atom stereocenters. The number of hydrogen-bond donors (Lipinski definition) is 1. The maximum Gasteiger partial charge on any atom is 0.193 e. The molecule has 0 aromatic carbocycles. The van der Waals surface area contributed by atoms with Crippen molar-refractivity contribution in [3.8, 4) is 0 Å². The molecule has 0 radical (unpaired) electrons. The molecule has 0 heterocycles. The first-order chi connectivity index (χ1) is 8.11. The van der Waals surface area contributed by atoms with E-state index < -0.39 is 0 Å². The first-order valence-electron chi connectivity index (χ1n) is 6.64. The van der Waals surface area contributed by atoms with Crippen LogP contribution in [0.4, 0.5) is 0 Å². The van der Waals surface area contributed by atoms with Crippen LogP contribution >= 0.6 is 24.0 Å². The largest absolute Gasteiger partial charge is 0.356 e. The minimum absolute atomic E-state index is 0. The molecule has 0 bridgehead atoms. The molecular formula is C14H30IN3. The van der Waals surface area contributed by atoms with Crippen LogP contribution in [0.5, 0.6) is 0 Å². The first-order valence-corrected chi connectivity index (χ1v) is 6.64. The molecule has 0 aromatic rings. The fourth-order valence-corrected chi connectivity index (χ4v) is 1.67. The number of hydrogen-bond acceptors (Lipinski definition) is 1. The summed E-state index contributed by atoms with van der Waals surface area (Å²) in [5.74, 6) is 1.78. The zero-order chi connectivity index (χ0) is 13.1. The Hall–Kier alpha value is -0.260. The third-order valence-electron chi connectivity index (χ3n) is 2.72. The Morgan fingerprint density at radius 2 is 2.06 bits per heavy atom. The maximum absolute atomic E-state index is 4.29. The van der Waals surface area contributed by atoms with Crippen molar-refractivity contribution in [1.82, 2.24) is 10.2 Å². The molecule has 0 amide bonds. The topological polar surface area (TPSA) is 27.6 Å². The van der Waals surface area contributed by atoms with Gasteiger partial charge in [0.25, 0.3) is 0 Å². The first kappa shape index (κ1) is 20.1. The quantitative estimate of drug-likeness (QED) is 0.234. The van der Waals surface area contributed by atoms with E-state index in [1.165, 1.54) is 12.8 Å². The Bertz CT molecular complexity index is 227. The lowest BCUT2D eigenvalue weighted by Crippen LogP contribution is -2.39. The Balaban J connectivity index is 0. The minimum atomic E-state index is 0. The highest BCUT2D eigenvalue weighted by atomic mass is 127. The average Bonchev–Trinajstić information content (AvgIpc) is 2.29. The van der Waals surface area contributed by atoms with Crippen LogP contribution in [-0.2, 0) is 0 Å². The summed E-state index contributed by atoms with van der Waals surface area (Å²) in [5, 5.41) is 3.40. The molecule has 0 aromatic heterocycles. The molecular weight excluding hydrogens is 337 g/mol. The van der Waals surface area contributed by atoms with Gasteiger partial charge in [0.1, 0.15) is 0 Å². The van der Waals surface area contributed by atoms with E-state index in [9.17, 15) is 0 Å². The van der Waals surface area contributed by atoms with E-state index in [1.54, 1.807) is 0 Å². The Labute approximate surface area is 130 Å². The molecule has 108 valence electrons. The molecule has 18 heavy (non-hydrogen) atoms. The molecule has 4 heteroatoms. The van der Waals surface area contributed by atoms with Gasteiger partial charge in [-0.15, -0.1) is 30.6 Å². The summed E-state index contributed by atoms with van der Waals surface area (Å²) in [4.78, 5) is 6.47. The number of nitrogens with zero attached hydrogens (tertiary/aromatic N) is 2. The van der Waals surface area contributed by atoms with E-state index in [4.69, 9.17) is 0 Å². The van der Waals surface area contributed by atoms with Gasteiger partial charge in [0.05, 0.1) is 0 Å². The van der Waals surface area contributed by atoms with Crippen LogP contribution in [-0.4, -0.2) is 38.0 Å². The SMILES string of the molecule is C=CCCCN(C)C(=NC)NCCCC(C)C.I. The summed E-state index contributed by atoms with van der Waals surface area (Å²) in [6, 6.07) is 0. The molecule has 0 aliphatic heterocycles. The Kier molecular flexibility index (Phi) is 14.7. The molecule has 0 atom stereocenters. The maximum atomic E-state index is 4.29. The van der Waals surface area contributed by atoms with Crippen LogP contribution < -0.4 is 5.32 Å². The van der Waals surface area contributed by atoms with Gasteiger partial charge in [0.15, 0.2) is 5.96 Å². The number of allylic oxidation sites excluding steroid dienone is 1. The second-order valence-corrected chi connectivity index (χ2v) is 4.86. The van der Waals surface area contributed by atoms with Crippen molar-refractivity contribution in [3.05, 3.63) is 12.7 Å². The van der Waals surface area contributed by atoms with Gasteiger partial charge in [0.2, 0.25) is 0 Å². The zero-order valence-electron chi connectivity index (χ0n) is 12.4. The van der Waals surface area contributed by atoms with E-state index in [0.29, 0.717) is 0 Å². The van der Waals surface area contributed by atoms with E-state index in [0.717, 1.165) is 37.8 Å². The van der Waals surface area contributed by atoms with Crippen molar-refractivity contribution in [2.45, 2.75) is 39.5 Å². The van der Waals surface area contributed by atoms with E-state index in [2.05, 4.69) is 42.7 Å². The van der Waals surface area contributed by atoms with Gasteiger partial charge < -0.3 is 10.2 Å². The van der Waals surface area contributed by atoms with Gasteiger partial charge in [-0.05, 0) is 31.6 Å². The van der Waals surface area contributed by atoms with E-state index in [1.807, 2.05) is 13.1 Å². The lowest BCUT2D eigenvalue weighted by Gasteiger charge is -2.22. The van der Waals surface area contributed by atoms with E-state index in [-0.39, 0.29) is 24.0 Å². The Morgan fingerprint density at radius 3 is 2.56 bits per heavy atom. The molecule has 0 aliphatic rings. The van der Waals surface area contributed by atoms with Crippen LogP contribution in [0.1, 0.15) is 39.5 Å². The van der Waals surface area contributed by atoms with Crippen LogP contribution in [0.3, 0.4) is 0 Å². The monoisotopic (exact) mass is 367 g/mol. The zero-order valence-corrected chi connectivity index (χ0v) is 14.7. The van der Waals surface area contributed by atoms with Crippen molar-refractivity contribution in [2.24, 2.45) is 10.9 Å². The summed E-state index contributed by atoms with van der Waals surface area (Å²) in [7, 11) is 3.93. The van der Waals surface area contributed by atoms with Gasteiger partial charge in [-0.2, -0.15) is 0 Å². The van der Waals surface area contributed by atoms with Crippen LogP contribution in [0, 0.1) is 5.92 Å². The highest BCUT2D eigenvalue weighted by Gasteiger charge is 2.04. The third kappa shape index (κ3) is 10.9. The van der Waals surface area contributed by atoms with Crippen molar-refractivity contribution >= 4 is 29.9 Å². The number of guanidine groups is 1. The van der Waals surface area contributed by atoms with Crippen molar-refractivity contribution in [1.29, 1.82) is 0 Å². The summed E-state index contributed by atoms with van der Waals surface area (Å²) in [6.07, 6.45) is 6.63. The van der Waals surface area contributed by atoms with Gasteiger partial charge >= 0.3 is 0 Å². The fourth-order valence-electron chi connectivity index (χ4n) is 1.67. The van der Waals surface area contributed by atoms with Gasteiger partial charge in [-0.25, -0.2) is 0 Å². The average molecular weight is 367 g/mol. The van der Waals surface area contributed by atoms with Crippen LogP contribution in [0.25, 0.3) is 0 Å². The molecule has 0 aliphatic carbocycles. The molecule has 1 N–H and O–H groups in total.